The smallest absolute Gasteiger partial charge is 0.344 e. The zero-order chi connectivity index (χ0) is 20.0. The number of ether oxygens (including phenoxy) is 1. The van der Waals surface area contributed by atoms with Gasteiger partial charge >= 0.3 is 12.0 Å². The number of urea groups is 1. The van der Waals surface area contributed by atoms with E-state index in [1.807, 2.05) is 12.2 Å². The summed E-state index contributed by atoms with van der Waals surface area (Å²) in [6.45, 7) is 2.96. The molecule has 0 fully saturated rings. The molecule has 0 bridgehead atoms. The number of nitrogens with one attached hydrogen (secondary N) is 2. The van der Waals surface area contributed by atoms with Crippen molar-refractivity contribution in [2.45, 2.75) is 20.3 Å². The van der Waals surface area contributed by atoms with Crippen LogP contribution in [-0.2, 0) is 9.53 Å². The van der Waals surface area contributed by atoms with Crippen LogP contribution in [0, 0.1) is 12.7 Å². The molecule has 0 spiro atoms. The van der Waals surface area contributed by atoms with Crippen LogP contribution in [0.5, 0.6) is 0 Å². The number of esters is 1. The second-order valence-electron chi connectivity index (χ2n) is 5.44. The van der Waals surface area contributed by atoms with Crippen molar-refractivity contribution >= 4 is 29.5 Å². The molecule has 1 aromatic carbocycles. The van der Waals surface area contributed by atoms with Crippen LogP contribution >= 0.6 is 11.6 Å². The van der Waals surface area contributed by atoms with Crippen LogP contribution < -0.4 is 10.6 Å². The van der Waals surface area contributed by atoms with Crippen LogP contribution in [-0.4, -0.2) is 36.2 Å². The number of aryl methyl sites for hydroxylation is 1. The van der Waals surface area contributed by atoms with Crippen LogP contribution in [0.15, 0.2) is 22.7 Å². The van der Waals surface area contributed by atoms with Crippen LogP contribution in [0.1, 0.15) is 29.5 Å². The number of rotatable bonds is 6. The topological polar surface area (TPSA) is 111 Å². The van der Waals surface area contributed by atoms with E-state index in [0.717, 1.165) is 6.07 Å². The standard InChI is InChI=1S/C17H17ClFN3O5/c1-3-7-20-17(25)21-12(23)8-26-16(24)13-9(2)27-22-15(13)14-10(18)5-4-6-11(14)19/h4-6H,3,7-8H2,1-2H3,(H2,20,21,23,25). The molecule has 1 aromatic heterocycles. The van der Waals surface area contributed by atoms with E-state index in [1.54, 1.807) is 0 Å². The summed E-state index contributed by atoms with van der Waals surface area (Å²) < 4.78 is 24.0. The summed E-state index contributed by atoms with van der Waals surface area (Å²) in [6, 6.07) is 3.29. The van der Waals surface area contributed by atoms with Gasteiger partial charge < -0.3 is 14.6 Å². The first kappa shape index (κ1) is 20.4. The molecule has 0 saturated heterocycles. The molecule has 0 aliphatic heterocycles. The Morgan fingerprint density at radius 3 is 2.74 bits per heavy atom. The van der Waals surface area contributed by atoms with Crippen molar-refractivity contribution in [2.24, 2.45) is 0 Å². The van der Waals surface area contributed by atoms with Gasteiger partial charge in [0, 0.05) is 6.54 Å². The molecule has 144 valence electrons. The summed E-state index contributed by atoms with van der Waals surface area (Å²) in [6.07, 6.45) is 0.699. The highest BCUT2D eigenvalue weighted by Gasteiger charge is 2.27. The number of benzene rings is 1. The molecule has 1 heterocycles. The molecular formula is C17H17ClFN3O5. The summed E-state index contributed by atoms with van der Waals surface area (Å²) in [7, 11) is 0. The number of aromatic nitrogens is 1. The minimum atomic E-state index is -0.966. The minimum Gasteiger partial charge on any atom is -0.452 e. The predicted molar refractivity (Wildman–Crippen MR) is 93.8 cm³/mol. The van der Waals surface area contributed by atoms with Gasteiger partial charge in [-0.2, -0.15) is 0 Å². The van der Waals surface area contributed by atoms with E-state index < -0.39 is 30.3 Å². The van der Waals surface area contributed by atoms with E-state index in [-0.39, 0.29) is 27.6 Å². The lowest BCUT2D eigenvalue weighted by molar-refractivity contribution is -0.123. The van der Waals surface area contributed by atoms with E-state index in [1.165, 1.54) is 19.1 Å². The Morgan fingerprint density at radius 1 is 1.33 bits per heavy atom. The molecule has 0 unspecified atom stereocenters. The summed E-state index contributed by atoms with van der Waals surface area (Å²) >= 11 is 5.99. The lowest BCUT2D eigenvalue weighted by Gasteiger charge is -2.08. The Bertz CT molecular complexity index is 848. The monoisotopic (exact) mass is 397 g/mol. The van der Waals surface area contributed by atoms with E-state index >= 15 is 0 Å². The summed E-state index contributed by atoms with van der Waals surface area (Å²) in [5.41, 5.74) is -0.418. The van der Waals surface area contributed by atoms with Gasteiger partial charge in [-0.3, -0.25) is 10.1 Å². The highest BCUT2D eigenvalue weighted by atomic mass is 35.5. The Morgan fingerprint density at radius 2 is 2.07 bits per heavy atom. The highest BCUT2D eigenvalue weighted by molar-refractivity contribution is 6.33. The molecule has 10 heteroatoms. The van der Waals surface area contributed by atoms with Gasteiger partial charge in [0.05, 0.1) is 10.6 Å². The number of halogens is 2. The second-order valence-corrected chi connectivity index (χ2v) is 5.85. The molecule has 8 nitrogen and oxygen atoms in total. The van der Waals surface area contributed by atoms with E-state index in [0.29, 0.717) is 13.0 Å². The van der Waals surface area contributed by atoms with Crippen molar-refractivity contribution in [1.29, 1.82) is 0 Å². The van der Waals surface area contributed by atoms with E-state index in [4.69, 9.17) is 20.9 Å². The third-order valence-electron chi connectivity index (χ3n) is 3.39. The highest BCUT2D eigenvalue weighted by Crippen LogP contribution is 2.33. The van der Waals surface area contributed by atoms with E-state index in [9.17, 15) is 18.8 Å². The largest absolute Gasteiger partial charge is 0.452 e. The molecule has 0 saturated carbocycles. The van der Waals surface area contributed by atoms with Gasteiger partial charge in [-0.1, -0.05) is 29.7 Å². The van der Waals surface area contributed by atoms with Crippen LogP contribution in [0.25, 0.3) is 11.3 Å². The van der Waals surface area contributed by atoms with Gasteiger partial charge in [0.1, 0.15) is 22.8 Å². The Hall–Kier alpha value is -2.94. The fourth-order valence-corrected chi connectivity index (χ4v) is 2.41. The molecule has 0 aliphatic carbocycles. The average molecular weight is 398 g/mol. The van der Waals surface area contributed by atoms with E-state index in [2.05, 4.69) is 10.5 Å². The predicted octanol–water partition coefficient (Wildman–Crippen LogP) is 2.84. The van der Waals surface area contributed by atoms with Crippen LogP contribution in [0.3, 0.4) is 0 Å². The summed E-state index contributed by atoms with van der Waals surface area (Å²) in [5.74, 6) is -2.42. The van der Waals surface area contributed by atoms with Gasteiger partial charge in [-0.25, -0.2) is 14.0 Å². The zero-order valence-electron chi connectivity index (χ0n) is 14.6. The molecular weight excluding hydrogens is 381 g/mol. The second kappa shape index (κ2) is 9.13. The third-order valence-corrected chi connectivity index (χ3v) is 3.70. The molecule has 27 heavy (non-hydrogen) atoms. The van der Waals surface area contributed by atoms with Crippen molar-refractivity contribution in [2.75, 3.05) is 13.2 Å². The summed E-state index contributed by atoms with van der Waals surface area (Å²) in [5, 5.41) is 8.15. The van der Waals surface area contributed by atoms with Crippen molar-refractivity contribution in [3.8, 4) is 11.3 Å². The Kier molecular flexibility index (Phi) is 6.89. The van der Waals surface area contributed by atoms with Gasteiger partial charge in [-0.15, -0.1) is 0 Å². The van der Waals surface area contributed by atoms with Crippen molar-refractivity contribution in [1.82, 2.24) is 15.8 Å². The molecule has 2 aromatic rings. The van der Waals surface area contributed by atoms with Crippen LogP contribution in [0.2, 0.25) is 5.02 Å². The van der Waals surface area contributed by atoms with Crippen molar-refractivity contribution in [3.63, 3.8) is 0 Å². The Labute approximate surface area is 159 Å². The Balaban J connectivity index is 2.11. The normalized spacial score (nSPS) is 10.4. The van der Waals surface area contributed by atoms with Crippen molar-refractivity contribution in [3.05, 3.63) is 40.4 Å². The lowest BCUT2D eigenvalue weighted by atomic mass is 10.1. The summed E-state index contributed by atoms with van der Waals surface area (Å²) in [4.78, 5) is 35.4. The number of carbonyl (C=O) groups is 3. The fraction of sp³-hybridized carbons (Fsp3) is 0.294. The lowest BCUT2D eigenvalue weighted by Crippen LogP contribution is -2.41. The maximum absolute atomic E-state index is 14.1. The number of hydrogen-bond donors (Lipinski definition) is 2. The number of hydrogen-bond acceptors (Lipinski definition) is 6. The van der Waals surface area contributed by atoms with Crippen LogP contribution in [0.4, 0.5) is 9.18 Å². The SMILES string of the molecule is CCCNC(=O)NC(=O)COC(=O)c1c(-c2c(F)cccc2Cl)noc1C. The van der Waals surface area contributed by atoms with Crippen molar-refractivity contribution < 1.29 is 28.0 Å². The maximum Gasteiger partial charge on any atom is 0.344 e. The molecule has 2 rings (SSSR count). The number of amides is 3. The maximum atomic E-state index is 14.1. The first-order chi connectivity index (χ1) is 12.8. The molecule has 0 radical (unpaired) electrons. The van der Waals surface area contributed by atoms with Gasteiger partial charge in [0.25, 0.3) is 5.91 Å². The minimum absolute atomic E-state index is 0.0303. The zero-order valence-corrected chi connectivity index (χ0v) is 15.4. The molecule has 2 N–H and O–H groups in total. The van der Waals surface area contributed by atoms with Gasteiger partial charge in [-0.05, 0) is 25.5 Å². The quantitative estimate of drug-likeness (QED) is 0.725. The number of carbonyl (C=O) groups excluding carboxylic acids is 3. The fourth-order valence-electron chi connectivity index (χ4n) is 2.16. The molecule has 3 amide bonds. The molecule has 0 aliphatic rings. The number of nitrogens with zero attached hydrogens (tertiary/aromatic N) is 1. The number of imide groups is 1. The first-order valence-electron chi connectivity index (χ1n) is 8.00. The molecule has 0 atom stereocenters. The third kappa shape index (κ3) is 5.04. The first-order valence-corrected chi connectivity index (χ1v) is 8.38. The van der Waals surface area contributed by atoms with Gasteiger partial charge in [0.15, 0.2) is 6.61 Å². The van der Waals surface area contributed by atoms with Gasteiger partial charge in [0.2, 0.25) is 0 Å². The average Bonchev–Trinajstić information content (AvgIpc) is 2.99.